The molecule has 8 heteroatoms. The topological polar surface area (TPSA) is 98.2 Å². The van der Waals surface area contributed by atoms with Gasteiger partial charge >= 0.3 is 0 Å². The molecule has 1 fully saturated rings. The van der Waals surface area contributed by atoms with Crippen LogP contribution in [-0.4, -0.2) is 46.0 Å². The lowest BCUT2D eigenvalue weighted by Crippen LogP contribution is -2.34. The van der Waals surface area contributed by atoms with Crippen LogP contribution in [0.3, 0.4) is 0 Å². The number of nitrogens with zero attached hydrogens (tertiary/aromatic N) is 4. The Morgan fingerprint density at radius 2 is 2.08 bits per heavy atom. The maximum atomic E-state index is 12.4. The fraction of sp³-hybridized carbons (Fsp3) is 0.647. The van der Waals surface area contributed by atoms with Crippen LogP contribution in [0.4, 0.5) is 0 Å². The second kappa shape index (κ2) is 9.20. The summed E-state index contributed by atoms with van der Waals surface area (Å²) in [7, 11) is -3.47. The first-order valence-corrected chi connectivity index (χ1v) is 10.2. The van der Waals surface area contributed by atoms with Crippen molar-refractivity contribution < 1.29 is 8.42 Å². The van der Waals surface area contributed by atoms with Gasteiger partial charge in [0.05, 0.1) is 4.90 Å². The predicted molar refractivity (Wildman–Crippen MR) is 98.7 cm³/mol. The van der Waals surface area contributed by atoms with Crippen LogP contribution >= 0.6 is 0 Å². The molecule has 1 aliphatic heterocycles. The van der Waals surface area contributed by atoms with Gasteiger partial charge in [-0.3, -0.25) is 0 Å². The van der Waals surface area contributed by atoms with Crippen LogP contribution in [0.2, 0.25) is 0 Å². The van der Waals surface area contributed by atoms with Crippen molar-refractivity contribution in [2.45, 2.75) is 31.6 Å². The highest BCUT2D eigenvalue weighted by Gasteiger charge is 2.22. The van der Waals surface area contributed by atoms with Gasteiger partial charge in [-0.05, 0) is 54.4 Å². The van der Waals surface area contributed by atoms with E-state index in [1.54, 1.807) is 12.1 Å². The molecule has 1 atom stereocenters. The molecule has 0 saturated carbocycles. The monoisotopic (exact) mass is 365 g/mol. The zero-order chi connectivity index (χ0) is 18.3. The normalized spacial score (nSPS) is 18.4. The average molecular weight is 366 g/mol. The fourth-order valence-electron chi connectivity index (χ4n) is 3.11. The summed E-state index contributed by atoms with van der Waals surface area (Å²) in [5, 5.41) is 3.61. The maximum Gasteiger partial charge on any atom is 0.240 e. The van der Waals surface area contributed by atoms with Crippen molar-refractivity contribution in [3.63, 3.8) is 0 Å². The fourth-order valence-corrected chi connectivity index (χ4v) is 4.14. The van der Waals surface area contributed by atoms with Gasteiger partial charge in [-0.15, -0.1) is 0 Å². The summed E-state index contributed by atoms with van der Waals surface area (Å²) in [6.45, 7) is 7.61. The van der Waals surface area contributed by atoms with Gasteiger partial charge in [0, 0.05) is 31.1 Å². The zero-order valence-corrected chi connectivity index (χ0v) is 15.7. The van der Waals surface area contributed by atoms with Crippen LogP contribution in [0.5, 0.6) is 0 Å². The molecule has 138 valence electrons. The number of rotatable bonds is 9. The van der Waals surface area contributed by atoms with Crippen molar-refractivity contribution in [1.82, 2.24) is 9.62 Å². The third kappa shape index (κ3) is 6.32. The van der Waals surface area contributed by atoms with E-state index in [1.807, 2.05) is 12.1 Å². The standard InChI is InChI=1S/C17H27N5O2S/c1-14(2)11-15-3-5-17(6-4-15)25(23,24)20-8-10-22-9-7-16(13-22)12-19-21-18/h3-6,14,16,20H,7-13H2,1-2H3/t16-/m1/s1. The molecule has 0 spiro atoms. The molecule has 1 N–H and O–H groups in total. The molecule has 1 aliphatic rings. The number of hydrogen-bond donors (Lipinski definition) is 1. The third-order valence-electron chi connectivity index (χ3n) is 4.37. The molecule has 1 saturated heterocycles. The first kappa shape index (κ1) is 19.7. The van der Waals surface area contributed by atoms with E-state index < -0.39 is 10.0 Å². The minimum Gasteiger partial charge on any atom is -0.302 e. The summed E-state index contributed by atoms with van der Waals surface area (Å²) in [4.78, 5) is 5.30. The van der Waals surface area contributed by atoms with Crippen molar-refractivity contribution in [2.24, 2.45) is 17.0 Å². The van der Waals surface area contributed by atoms with Crippen molar-refractivity contribution in [2.75, 3.05) is 32.7 Å². The van der Waals surface area contributed by atoms with Crippen LogP contribution in [0.1, 0.15) is 25.8 Å². The van der Waals surface area contributed by atoms with Crippen molar-refractivity contribution in [1.29, 1.82) is 0 Å². The van der Waals surface area contributed by atoms with Crippen LogP contribution in [0, 0.1) is 11.8 Å². The molecule has 25 heavy (non-hydrogen) atoms. The summed E-state index contributed by atoms with van der Waals surface area (Å²) >= 11 is 0. The van der Waals surface area contributed by atoms with Crippen LogP contribution in [0.25, 0.3) is 10.4 Å². The molecule has 1 aromatic carbocycles. The van der Waals surface area contributed by atoms with Gasteiger partial charge in [0.1, 0.15) is 0 Å². The van der Waals surface area contributed by atoms with Crippen LogP contribution in [0.15, 0.2) is 34.3 Å². The Kier molecular flexibility index (Phi) is 7.25. The third-order valence-corrected chi connectivity index (χ3v) is 5.85. The number of azide groups is 1. The molecule has 0 bridgehead atoms. The number of sulfonamides is 1. The highest BCUT2D eigenvalue weighted by atomic mass is 32.2. The van der Waals surface area contributed by atoms with Gasteiger partial charge in [-0.1, -0.05) is 31.1 Å². The van der Waals surface area contributed by atoms with E-state index in [0.29, 0.717) is 36.4 Å². The molecule has 0 amide bonds. The summed E-state index contributed by atoms with van der Waals surface area (Å²) < 4.78 is 27.4. The minimum atomic E-state index is -3.47. The zero-order valence-electron chi connectivity index (χ0n) is 14.9. The number of benzene rings is 1. The first-order valence-electron chi connectivity index (χ1n) is 8.72. The lowest BCUT2D eigenvalue weighted by Gasteiger charge is -2.16. The van der Waals surface area contributed by atoms with E-state index in [-0.39, 0.29) is 0 Å². The Bertz CT molecular complexity index is 696. The van der Waals surface area contributed by atoms with E-state index >= 15 is 0 Å². The summed E-state index contributed by atoms with van der Waals surface area (Å²) in [5.74, 6) is 0.921. The smallest absolute Gasteiger partial charge is 0.240 e. The maximum absolute atomic E-state index is 12.4. The van der Waals surface area contributed by atoms with E-state index in [4.69, 9.17) is 5.53 Å². The molecular weight excluding hydrogens is 338 g/mol. The molecule has 1 heterocycles. The minimum absolute atomic E-state index is 0.308. The van der Waals surface area contributed by atoms with Gasteiger partial charge in [-0.2, -0.15) is 0 Å². The molecule has 2 rings (SSSR count). The Morgan fingerprint density at radius 1 is 1.36 bits per heavy atom. The van der Waals surface area contributed by atoms with Crippen molar-refractivity contribution in [3.8, 4) is 0 Å². The Hall–Kier alpha value is -1.60. The molecule has 0 aromatic heterocycles. The Labute approximate surface area is 150 Å². The second-order valence-corrected chi connectivity index (χ2v) is 8.78. The average Bonchev–Trinajstić information content (AvgIpc) is 3.00. The predicted octanol–water partition coefficient (Wildman–Crippen LogP) is 2.80. The van der Waals surface area contributed by atoms with E-state index in [9.17, 15) is 8.42 Å². The molecule has 0 unspecified atom stereocenters. The lowest BCUT2D eigenvalue weighted by atomic mass is 10.0. The van der Waals surface area contributed by atoms with Crippen LogP contribution < -0.4 is 4.72 Å². The molecule has 1 aromatic rings. The van der Waals surface area contributed by atoms with Crippen molar-refractivity contribution in [3.05, 3.63) is 40.3 Å². The molecule has 0 radical (unpaired) electrons. The van der Waals surface area contributed by atoms with Gasteiger partial charge in [-0.25, -0.2) is 13.1 Å². The van der Waals surface area contributed by atoms with Gasteiger partial charge in [0.15, 0.2) is 0 Å². The molecular formula is C17H27N5O2S. The SMILES string of the molecule is CC(C)Cc1ccc(S(=O)(=O)NCCN2CC[C@H](CN=[N+]=[N-])C2)cc1. The summed E-state index contributed by atoms with van der Waals surface area (Å²) in [6.07, 6.45) is 1.93. The summed E-state index contributed by atoms with van der Waals surface area (Å²) in [5.41, 5.74) is 9.51. The van der Waals surface area contributed by atoms with E-state index in [0.717, 1.165) is 31.5 Å². The second-order valence-electron chi connectivity index (χ2n) is 7.01. The number of hydrogen-bond acceptors (Lipinski definition) is 4. The number of nitrogens with one attached hydrogen (secondary N) is 1. The summed E-state index contributed by atoms with van der Waals surface area (Å²) in [6, 6.07) is 7.11. The Morgan fingerprint density at radius 3 is 2.72 bits per heavy atom. The highest BCUT2D eigenvalue weighted by molar-refractivity contribution is 7.89. The highest BCUT2D eigenvalue weighted by Crippen LogP contribution is 2.16. The Balaban J connectivity index is 1.80. The van der Waals surface area contributed by atoms with E-state index in [1.165, 1.54) is 0 Å². The first-order chi connectivity index (χ1) is 11.9. The van der Waals surface area contributed by atoms with E-state index in [2.05, 4.69) is 33.5 Å². The van der Waals surface area contributed by atoms with Gasteiger partial charge in [0.25, 0.3) is 0 Å². The quantitative estimate of drug-likeness (QED) is 0.414. The van der Waals surface area contributed by atoms with Crippen molar-refractivity contribution >= 4 is 10.0 Å². The lowest BCUT2D eigenvalue weighted by molar-refractivity contribution is 0.330. The molecule has 7 nitrogen and oxygen atoms in total. The number of likely N-dealkylation sites (tertiary alicyclic amines) is 1. The largest absolute Gasteiger partial charge is 0.302 e. The van der Waals surface area contributed by atoms with Gasteiger partial charge < -0.3 is 4.90 Å². The van der Waals surface area contributed by atoms with Gasteiger partial charge in [0.2, 0.25) is 10.0 Å². The molecule has 0 aliphatic carbocycles. The van der Waals surface area contributed by atoms with Crippen LogP contribution in [-0.2, 0) is 16.4 Å².